The molecule has 0 saturated carbocycles. The Labute approximate surface area is 130 Å². The van der Waals surface area contributed by atoms with E-state index in [0.29, 0.717) is 21.8 Å². The number of anilines is 1. The van der Waals surface area contributed by atoms with Crippen LogP contribution in [0.4, 0.5) is 10.2 Å². The lowest BCUT2D eigenvalue weighted by molar-refractivity contribution is 0.368. The Balaban J connectivity index is 2.30. The van der Waals surface area contributed by atoms with Gasteiger partial charge in [-0.25, -0.2) is 9.37 Å². The van der Waals surface area contributed by atoms with Gasteiger partial charge < -0.3 is 14.8 Å². The highest BCUT2D eigenvalue weighted by Gasteiger charge is 2.14. The van der Waals surface area contributed by atoms with E-state index in [0.717, 1.165) is 13.0 Å². The second kappa shape index (κ2) is 7.21. The molecular formula is C14H15BrFN3O2. The molecule has 1 aromatic heterocycles. The Morgan fingerprint density at radius 3 is 2.76 bits per heavy atom. The van der Waals surface area contributed by atoms with Gasteiger partial charge in [-0.3, -0.25) is 0 Å². The summed E-state index contributed by atoms with van der Waals surface area (Å²) in [5, 5.41) is 3.12. The summed E-state index contributed by atoms with van der Waals surface area (Å²) in [4.78, 5) is 8.15. The van der Waals surface area contributed by atoms with Gasteiger partial charge in [0.05, 0.1) is 7.11 Å². The molecular weight excluding hydrogens is 341 g/mol. The Morgan fingerprint density at radius 2 is 2.10 bits per heavy atom. The first-order valence-corrected chi connectivity index (χ1v) is 7.20. The third-order valence-corrected chi connectivity index (χ3v) is 3.03. The van der Waals surface area contributed by atoms with Gasteiger partial charge in [0.1, 0.15) is 17.9 Å². The summed E-state index contributed by atoms with van der Waals surface area (Å²) in [6, 6.07) is 4.26. The summed E-state index contributed by atoms with van der Waals surface area (Å²) < 4.78 is 24.8. The average molecular weight is 356 g/mol. The van der Waals surface area contributed by atoms with Crippen LogP contribution in [0.5, 0.6) is 17.4 Å². The summed E-state index contributed by atoms with van der Waals surface area (Å²) in [5.74, 6) is 1.06. The number of benzene rings is 1. The molecule has 21 heavy (non-hydrogen) atoms. The minimum atomic E-state index is -0.406. The van der Waals surface area contributed by atoms with Gasteiger partial charge in [-0.2, -0.15) is 4.98 Å². The third kappa shape index (κ3) is 4.04. The lowest BCUT2D eigenvalue weighted by Crippen LogP contribution is -2.06. The Kier molecular flexibility index (Phi) is 5.32. The molecule has 7 heteroatoms. The van der Waals surface area contributed by atoms with Crippen LogP contribution in [0, 0.1) is 5.82 Å². The minimum Gasteiger partial charge on any atom is -0.489 e. The molecule has 0 aliphatic carbocycles. The molecule has 1 heterocycles. The molecule has 2 rings (SSSR count). The molecule has 112 valence electrons. The third-order valence-electron chi connectivity index (χ3n) is 2.57. The van der Waals surface area contributed by atoms with Crippen molar-refractivity contribution in [3.8, 4) is 17.4 Å². The van der Waals surface area contributed by atoms with E-state index in [9.17, 15) is 4.39 Å². The van der Waals surface area contributed by atoms with Crippen LogP contribution in [0.1, 0.15) is 13.3 Å². The van der Waals surface area contributed by atoms with Crippen molar-refractivity contribution in [2.24, 2.45) is 0 Å². The van der Waals surface area contributed by atoms with Crippen LogP contribution >= 0.6 is 15.9 Å². The van der Waals surface area contributed by atoms with Gasteiger partial charge in [0, 0.05) is 17.1 Å². The maximum atomic E-state index is 13.4. The minimum absolute atomic E-state index is 0.226. The Morgan fingerprint density at radius 1 is 1.29 bits per heavy atom. The zero-order chi connectivity index (χ0) is 15.2. The summed E-state index contributed by atoms with van der Waals surface area (Å²) >= 11 is 3.21. The lowest BCUT2D eigenvalue weighted by Gasteiger charge is -2.13. The molecule has 5 nitrogen and oxygen atoms in total. The van der Waals surface area contributed by atoms with Crippen LogP contribution < -0.4 is 14.8 Å². The number of aromatic nitrogens is 2. The molecule has 0 bridgehead atoms. The van der Waals surface area contributed by atoms with Gasteiger partial charge in [0.25, 0.3) is 5.88 Å². The van der Waals surface area contributed by atoms with E-state index in [1.165, 1.54) is 25.6 Å². The van der Waals surface area contributed by atoms with Gasteiger partial charge in [-0.1, -0.05) is 22.9 Å². The number of rotatable bonds is 6. The van der Waals surface area contributed by atoms with Crippen LogP contribution in [0.15, 0.2) is 29.0 Å². The molecule has 0 aliphatic rings. The second-order valence-electron chi connectivity index (χ2n) is 4.19. The molecule has 0 atom stereocenters. The summed E-state index contributed by atoms with van der Waals surface area (Å²) in [5.41, 5.74) is 0. The zero-order valence-electron chi connectivity index (χ0n) is 11.7. The smallest absolute Gasteiger partial charge is 0.268 e. The van der Waals surface area contributed by atoms with E-state index >= 15 is 0 Å². The predicted molar refractivity (Wildman–Crippen MR) is 81.5 cm³/mol. The van der Waals surface area contributed by atoms with E-state index in [2.05, 4.69) is 31.2 Å². The van der Waals surface area contributed by atoms with Crippen LogP contribution in [-0.4, -0.2) is 23.6 Å². The molecule has 0 spiro atoms. The second-order valence-corrected chi connectivity index (χ2v) is 5.11. The van der Waals surface area contributed by atoms with Crippen molar-refractivity contribution < 1.29 is 13.9 Å². The first-order valence-electron chi connectivity index (χ1n) is 6.40. The van der Waals surface area contributed by atoms with E-state index < -0.39 is 5.82 Å². The number of methoxy groups -OCH3 is 1. The molecule has 0 unspecified atom stereocenters. The van der Waals surface area contributed by atoms with Crippen molar-refractivity contribution in [1.29, 1.82) is 0 Å². The topological polar surface area (TPSA) is 56.3 Å². The van der Waals surface area contributed by atoms with E-state index in [1.54, 1.807) is 6.07 Å². The number of ether oxygens (including phenoxy) is 2. The normalized spacial score (nSPS) is 10.3. The van der Waals surface area contributed by atoms with Gasteiger partial charge in [-0.05, 0) is 18.6 Å². The zero-order valence-corrected chi connectivity index (χ0v) is 13.3. The molecule has 0 aliphatic heterocycles. The highest BCUT2D eigenvalue weighted by atomic mass is 79.9. The van der Waals surface area contributed by atoms with Gasteiger partial charge in [0.2, 0.25) is 5.75 Å². The van der Waals surface area contributed by atoms with Crippen LogP contribution in [0.3, 0.4) is 0 Å². The maximum Gasteiger partial charge on any atom is 0.268 e. The van der Waals surface area contributed by atoms with Gasteiger partial charge in [0.15, 0.2) is 5.82 Å². The number of hydrogen-bond acceptors (Lipinski definition) is 5. The average Bonchev–Trinajstić information content (AvgIpc) is 2.44. The fourth-order valence-electron chi connectivity index (χ4n) is 1.68. The molecule has 0 radical (unpaired) electrons. The van der Waals surface area contributed by atoms with Gasteiger partial charge >= 0.3 is 0 Å². The van der Waals surface area contributed by atoms with Crippen LogP contribution in [-0.2, 0) is 0 Å². The molecule has 2 aromatic rings. The molecule has 0 saturated heterocycles. The molecule has 1 aromatic carbocycles. The van der Waals surface area contributed by atoms with Crippen molar-refractivity contribution in [2.45, 2.75) is 13.3 Å². The van der Waals surface area contributed by atoms with E-state index in [1.807, 2.05) is 6.92 Å². The fourth-order valence-corrected chi connectivity index (χ4v) is 2.13. The number of hydrogen-bond donors (Lipinski definition) is 1. The van der Waals surface area contributed by atoms with Crippen molar-refractivity contribution in [3.63, 3.8) is 0 Å². The van der Waals surface area contributed by atoms with Crippen molar-refractivity contribution in [2.75, 3.05) is 19.0 Å². The van der Waals surface area contributed by atoms with Crippen molar-refractivity contribution in [3.05, 3.63) is 34.8 Å². The first kappa shape index (κ1) is 15.5. The van der Waals surface area contributed by atoms with E-state index in [4.69, 9.17) is 9.47 Å². The summed E-state index contributed by atoms with van der Waals surface area (Å²) in [6.45, 7) is 2.79. The largest absolute Gasteiger partial charge is 0.489 e. The van der Waals surface area contributed by atoms with Crippen molar-refractivity contribution >= 4 is 21.7 Å². The number of nitrogens with zero attached hydrogens (tertiary/aromatic N) is 2. The van der Waals surface area contributed by atoms with E-state index in [-0.39, 0.29) is 5.88 Å². The van der Waals surface area contributed by atoms with Crippen LogP contribution in [0.2, 0.25) is 0 Å². The lowest BCUT2D eigenvalue weighted by atomic mass is 10.3. The summed E-state index contributed by atoms with van der Waals surface area (Å²) in [7, 11) is 1.50. The molecule has 1 N–H and O–H groups in total. The highest BCUT2D eigenvalue weighted by Crippen LogP contribution is 2.35. The van der Waals surface area contributed by atoms with Crippen LogP contribution in [0.25, 0.3) is 0 Å². The Hall–Kier alpha value is -1.89. The quantitative estimate of drug-likeness (QED) is 0.848. The number of halogens is 2. The monoisotopic (exact) mass is 355 g/mol. The highest BCUT2D eigenvalue weighted by molar-refractivity contribution is 9.10. The Bertz CT molecular complexity index is 605. The maximum absolute atomic E-state index is 13.4. The molecule has 0 amide bonds. The number of nitrogens with one attached hydrogen (secondary N) is 1. The van der Waals surface area contributed by atoms with Gasteiger partial charge in [-0.15, -0.1) is 0 Å². The SMILES string of the molecule is CCCNc1ncnc(Oc2cc(F)cc(Br)c2)c1OC. The first-order chi connectivity index (χ1) is 10.1. The predicted octanol–water partition coefficient (Wildman–Crippen LogP) is 4.00. The van der Waals surface area contributed by atoms with Crippen molar-refractivity contribution in [1.82, 2.24) is 9.97 Å². The fraction of sp³-hybridized carbons (Fsp3) is 0.286. The summed E-state index contributed by atoms with van der Waals surface area (Å²) in [6.07, 6.45) is 2.31. The standard InChI is InChI=1S/C14H15BrFN3O2/c1-3-4-17-13-12(20-2)14(19-8-18-13)21-11-6-9(15)5-10(16)7-11/h5-8H,3-4H2,1-2H3,(H,17,18,19). The molecule has 0 fully saturated rings.